The fourth-order valence-electron chi connectivity index (χ4n) is 3.51. The summed E-state index contributed by atoms with van der Waals surface area (Å²) in [6.45, 7) is 3.56. The summed E-state index contributed by atoms with van der Waals surface area (Å²) in [5.41, 5.74) is 6.99. The Bertz CT molecular complexity index is 1290. The van der Waals surface area contributed by atoms with Crippen molar-refractivity contribution in [1.29, 1.82) is 0 Å². The molecule has 1 aromatic heterocycles. The summed E-state index contributed by atoms with van der Waals surface area (Å²) >= 11 is 3.71. The van der Waals surface area contributed by atoms with Crippen molar-refractivity contribution in [2.75, 3.05) is 23.8 Å². The third-order valence-corrected chi connectivity index (χ3v) is 7.89. The number of anilines is 1. The quantitative estimate of drug-likeness (QED) is 0.123. The topological polar surface area (TPSA) is 160 Å². The Morgan fingerprint density at radius 2 is 2.16 bits per heavy atom. The monoisotopic (exact) mass is 558 g/mol. The maximum Gasteiger partial charge on any atom is 0.352 e. The minimum atomic E-state index is -1.19. The average Bonchev–Trinajstić information content (AvgIpc) is 3.33. The first-order valence-electron chi connectivity index (χ1n) is 10.8. The number of β-lactam (4-membered cyclic amide) rings is 1. The predicted molar refractivity (Wildman–Crippen MR) is 145 cm³/mol. The molecule has 192 valence electrons. The van der Waals surface area contributed by atoms with Crippen LogP contribution in [0.1, 0.15) is 11.4 Å². The number of aliphatic carboxylic acids is 1. The summed E-state index contributed by atoms with van der Waals surface area (Å²) in [7, 11) is 0. The molecule has 11 nitrogen and oxygen atoms in total. The molecule has 14 heteroatoms. The van der Waals surface area contributed by atoms with E-state index in [1.54, 1.807) is 0 Å². The van der Waals surface area contributed by atoms with Gasteiger partial charge < -0.3 is 21.0 Å². The molecule has 2 aromatic rings. The molecular formula is C23H22N6O5S3. The van der Waals surface area contributed by atoms with Crippen LogP contribution in [0.3, 0.4) is 0 Å². The molecular weight excluding hydrogens is 536 g/mol. The molecule has 2 amide bonds. The van der Waals surface area contributed by atoms with E-state index in [1.807, 2.05) is 41.8 Å². The second kappa shape index (κ2) is 12.1. The molecule has 0 saturated carbocycles. The number of nitrogen functional groups attached to an aromatic ring is 1. The van der Waals surface area contributed by atoms with Gasteiger partial charge in [0.25, 0.3) is 11.8 Å². The SMILES string of the molecule is C=CCON=C(C(=O)NC1C(=O)N2C(C(=O)O)=C(CS/C=C\c3ccccc3)CS[C@@H]12)c1nsc(N)n1. The van der Waals surface area contributed by atoms with Gasteiger partial charge in [0.2, 0.25) is 11.5 Å². The van der Waals surface area contributed by atoms with Gasteiger partial charge in [0.1, 0.15) is 23.7 Å². The highest BCUT2D eigenvalue weighted by Crippen LogP contribution is 2.41. The van der Waals surface area contributed by atoms with Gasteiger partial charge in [0.05, 0.1) is 0 Å². The van der Waals surface area contributed by atoms with Gasteiger partial charge >= 0.3 is 5.97 Å². The van der Waals surface area contributed by atoms with E-state index in [0.29, 0.717) is 17.1 Å². The third kappa shape index (κ3) is 6.03. The largest absolute Gasteiger partial charge is 0.477 e. The molecule has 2 aliphatic heterocycles. The van der Waals surface area contributed by atoms with Crippen molar-refractivity contribution < 1.29 is 24.3 Å². The Balaban J connectivity index is 1.45. The first-order chi connectivity index (χ1) is 17.9. The van der Waals surface area contributed by atoms with Crippen molar-refractivity contribution in [2.24, 2.45) is 5.16 Å². The summed E-state index contributed by atoms with van der Waals surface area (Å²) in [4.78, 5) is 48.2. The van der Waals surface area contributed by atoms with Crippen molar-refractivity contribution >= 4 is 69.8 Å². The smallest absolute Gasteiger partial charge is 0.352 e. The minimum Gasteiger partial charge on any atom is -0.477 e. The van der Waals surface area contributed by atoms with Crippen molar-refractivity contribution in [3.8, 4) is 0 Å². The van der Waals surface area contributed by atoms with Gasteiger partial charge in [-0.05, 0) is 22.6 Å². The lowest BCUT2D eigenvalue weighted by Crippen LogP contribution is -2.71. The van der Waals surface area contributed by atoms with Crippen LogP contribution in [-0.4, -0.2) is 72.4 Å². The lowest BCUT2D eigenvalue weighted by molar-refractivity contribution is -0.150. The highest BCUT2D eigenvalue weighted by molar-refractivity contribution is 8.02. The number of hydrogen-bond donors (Lipinski definition) is 3. The minimum absolute atomic E-state index is 0.0408. The molecule has 1 unspecified atom stereocenters. The second-order valence-electron chi connectivity index (χ2n) is 7.62. The van der Waals surface area contributed by atoms with E-state index >= 15 is 0 Å². The Morgan fingerprint density at radius 1 is 1.38 bits per heavy atom. The Hall–Kier alpha value is -3.62. The Labute approximate surface area is 224 Å². The maximum atomic E-state index is 13.0. The standard InChI is InChI=1S/C23H22N6O5S3/c1-2-9-34-27-15(18-26-23(24)37-28-18)19(30)25-16-20(31)29-17(22(32)33)14(12-36-21(16)29)11-35-10-8-13-6-4-3-5-7-13/h2-8,10,16,21H,1,9,11-12H2,(H,25,30)(H,32,33)(H2,24,26,28)/b10-8-,27-15?/t16?,21-/m0/s1. The highest BCUT2D eigenvalue weighted by atomic mass is 32.2. The van der Waals surface area contributed by atoms with E-state index in [2.05, 4.69) is 26.4 Å². The molecule has 4 N–H and O–H groups in total. The van der Waals surface area contributed by atoms with Gasteiger partial charge in [0, 0.05) is 23.0 Å². The van der Waals surface area contributed by atoms with Crippen LogP contribution in [0.15, 0.2) is 64.8 Å². The molecule has 4 rings (SSSR count). The number of nitrogens with two attached hydrogens (primary N) is 1. The van der Waals surface area contributed by atoms with Crippen LogP contribution < -0.4 is 11.1 Å². The first-order valence-corrected chi connectivity index (χ1v) is 13.7. The number of carboxylic acid groups (broad SMARTS) is 1. The maximum absolute atomic E-state index is 13.0. The van der Waals surface area contributed by atoms with Crippen molar-refractivity contribution in [1.82, 2.24) is 19.6 Å². The molecule has 0 radical (unpaired) electrons. The molecule has 0 bridgehead atoms. The van der Waals surface area contributed by atoms with Crippen molar-refractivity contribution in [2.45, 2.75) is 11.4 Å². The van der Waals surface area contributed by atoms with Gasteiger partial charge in [0.15, 0.2) is 5.13 Å². The number of amides is 2. The molecule has 1 fully saturated rings. The van der Waals surface area contributed by atoms with Crippen LogP contribution in [0.25, 0.3) is 6.08 Å². The molecule has 0 aliphatic carbocycles. The lowest BCUT2D eigenvalue weighted by atomic mass is 10.0. The van der Waals surface area contributed by atoms with E-state index in [1.165, 1.54) is 34.5 Å². The number of hydrogen-bond acceptors (Lipinski definition) is 11. The molecule has 2 atom stereocenters. The van der Waals surface area contributed by atoms with E-state index in [4.69, 9.17) is 10.6 Å². The van der Waals surface area contributed by atoms with Gasteiger partial charge in [-0.25, -0.2) is 4.79 Å². The molecule has 0 spiro atoms. The van der Waals surface area contributed by atoms with E-state index in [-0.39, 0.29) is 29.0 Å². The highest BCUT2D eigenvalue weighted by Gasteiger charge is 2.54. The van der Waals surface area contributed by atoms with Crippen LogP contribution in [0.5, 0.6) is 0 Å². The summed E-state index contributed by atoms with van der Waals surface area (Å²) in [5, 5.41) is 17.7. The predicted octanol–water partition coefficient (Wildman–Crippen LogP) is 2.17. The number of carbonyl (C=O) groups is 3. The fraction of sp³-hybridized carbons (Fsp3) is 0.217. The zero-order valence-corrected chi connectivity index (χ0v) is 21.7. The number of nitrogens with zero attached hydrogens (tertiary/aromatic N) is 4. The third-order valence-electron chi connectivity index (χ3n) is 5.17. The number of thioether (sulfide) groups is 2. The summed E-state index contributed by atoms with van der Waals surface area (Å²) in [6.07, 6.45) is 3.38. The fourth-order valence-corrected chi connectivity index (χ4v) is 6.21. The number of rotatable bonds is 11. The van der Waals surface area contributed by atoms with Gasteiger partial charge in [-0.2, -0.15) is 9.36 Å². The number of oxime groups is 1. The van der Waals surface area contributed by atoms with Crippen LogP contribution in [0.2, 0.25) is 0 Å². The van der Waals surface area contributed by atoms with Crippen molar-refractivity contribution in [3.63, 3.8) is 0 Å². The molecule has 1 saturated heterocycles. The van der Waals surface area contributed by atoms with E-state index < -0.39 is 29.2 Å². The summed E-state index contributed by atoms with van der Waals surface area (Å²) < 4.78 is 3.98. The summed E-state index contributed by atoms with van der Waals surface area (Å²) in [5.74, 6) is -1.68. The zero-order chi connectivity index (χ0) is 26.4. The normalized spacial score (nSPS) is 19.4. The number of nitrogens with one attached hydrogen (secondary N) is 1. The lowest BCUT2D eigenvalue weighted by Gasteiger charge is -2.49. The number of benzene rings is 1. The molecule has 2 aliphatic rings. The second-order valence-corrected chi connectivity index (χ2v) is 10.4. The Morgan fingerprint density at radius 3 is 2.84 bits per heavy atom. The van der Waals surface area contributed by atoms with Crippen LogP contribution in [-0.2, 0) is 19.2 Å². The van der Waals surface area contributed by atoms with Gasteiger partial charge in [-0.1, -0.05) is 48.1 Å². The zero-order valence-electron chi connectivity index (χ0n) is 19.3. The molecule has 3 heterocycles. The summed E-state index contributed by atoms with van der Waals surface area (Å²) in [6, 6.07) is 8.79. The number of aromatic nitrogens is 2. The average molecular weight is 559 g/mol. The van der Waals surface area contributed by atoms with Crippen molar-refractivity contribution in [3.05, 3.63) is 71.1 Å². The van der Waals surface area contributed by atoms with Crippen LogP contribution >= 0.6 is 35.1 Å². The number of carbonyl (C=O) groups excluding carboxylic acids is 2. The number of fused-ring (bicyclic) bond motifs is 1. The van der Waals surface area contributed by atoms with Gasteiger partial charge in [-0.15, -0.1) is 23.5 Å². The molecule has 37 heavy (non-hydrogen) atoms. The van der Waals surface area contributed by atoms with Gasteiger partial charge in [-0.3, -0.25) is 14.5 Å². The molecule has 1 aromatic carbocycles. The van der Waals surface area contributed by atoms with Crippen LogP contribution in [0.4, 0.5) is 5.13 Å². The van der Waals surface area contributed by atoms with E-state index in [9.17, 15) is 19.5 Å². The van der Waals surface area contributed by atoms with Crippen LogP contribution in [0, 0.1) is 0 Å². The number of carboxylic acids is 1. The van der Waals surface area contributed by atoms with E-state index in [0.717, 1.165) is 17.1 Å². The Kier molecular flexibility index (Phi) is 8.63. The first kappa shape index (κ1) is 26.4.